The van der Waals surface area contributed by atoms with Crippen molar-refractivity contribution in [2.24, 2.45) is 5.73 Å². The first kappa shape index (κ1) is 23.7. The molecule has 2 aromatic carbocycles. The molecule has 1 heterocycles. The molecule has 6 nitrogen and oxygen atoms in total. The van der Waals surface area contributed by atoms with Crippen molar-refractivity contribution in [2.75, 3.05) is 23.9 Å². The van der Waals surface area contributed by atoms with Crippen molar-refractivity contribution in [3.63, 3.8) is 0 Å². The molecule has 0 aromatic heterocycles. The fraction of sp³-hybridized carbons (Fsp3) is 0.391. The van der Waals surface area contributed by atoms with Gasteiger partial charge in [0.25, 0.3) is 0 Å². The lowest BCUT2D eigenvalue weighted by atomic mass is 9.96. The van der Waals surface area contributed by atoms with E-state index < -0.39 is 5.54 Å². The van der Waals surface area contributed by atoms with Crippen LogP contribution in [-0.4, -0.2) is 31.0 Å². The lowest BCUT2D eigenvalue weighted by Gasteiger charge is -2.23. The average Bonchev–Trinajstić information content (AvgIpc) is 3.11. The summed E-state index contributed by atoms with van der Waals surface area (Å²) in [6.07, 6.45) is 2.54. The van der Waals surface area contributed by atoms with Crippen LogP contribution in [0.5, 0.6) is 5.75 Å². The summed E-state index contributed by atoms with van der Waals surface area (Å²) in [5, 5.41) is 2.90. The minimum Gasteiger partial charge on any atom is -0.497 e. The number of methoxy groups -OCH3 is 1. The Morgan fingerprint density at radius 1 is 1.23 bits per heavy atom. The highest BCUT2D eigenvalue weighted by Gasteiger charge is 2.29. The van der Waals surface area contributed by atoms with Crippen molar-refractivity contribution in [3.05, 3.63) is 53.6 Å². The summed E-state index contributed by atoms with van der Waals surface area (Å²) in [7, 11) is 1.61. The number of halogens is 1. The van der Waals surface area contributed by atoms with Crippen LogP contribution in [0.4, 0.5) is 11.4 Å². The van der Waals surface area contributed by atoms with E-state index in [1.54, 1.807) is 18.9 Å². The number of nitrogens with two attached hydrogens (primary N) is 1. The summed E-state index contributed by atoms with van der Waals surface area (Å²) in [4.78, 5) is 27.2. The zero-order chi connectivity index (χ0) is 21.0. The molecule has 0 aliphatic carbocycles. The molecule has 0 radical (unpaired) electrons. The number of anilines is 2. The minimum atomic E-state index is -0.921. The smallest absolute Gasteiger partial charge is 0.244 e. The average molecular weight is 432 g/mol. The molecule has 0 saturated heterocycles. The summed E-state index contributed by atoms with van der Waals surface area (Å²) in [5.74, 6) is 0.542. The maximum Gasteiger partial charge on any atom is 0.244 e. The first-order chi connectivity index (χ1) is 13.8. The molecular weight excluding hydrogens is 402 g/mol. The van der Waals surface area contributed by atoms with Gasteiger partial charge in [-0.05, 0) is 55.2 Å². The second-order valence-corrected chi connectivity index (χ2v) is 7.79. The molecule has 1 aliphatic heterocycles. The van der Waals surface area contributed by atoms with Crippen molar-refractivity contribution < 1.29 is 14.3 Å². The zero-order valence-electron chi connectivity index (χ0n) is 17.7. The SMILES string of the molecule is CCCC(C)(N)C(=O)Nc1ccc2c(c1)N(C(=O)Cc1cccc(OC)c1)CC2.Cl. The van der Waals surface area contributed by atoms with Gasteiger partial charge in [0, 0.05) is 17.9 Å². The molecular formula is C23H30ClN3O3. The topological polar surface area (TPSA) is 84.7 Å². The van der Waals surface area contributed by atoms with E-state index in [1.165, 1.54) is 0 Å². The Labute approximate surface area is 184 Å². The number of ether oxygens (including phenoxy) is 1. The fourth-order valence-electron chi connectivity index (χ4n) is 3.68. The number of hydrogen-bond donors (Lipinski definition) is 2. The van der Waals surface area contributed by atoms with Crippen molar-refractivity contribution in [1.29, 1.82) is 0 Å². The second-order valence-electron chi connectivity index (χ2n) is 7.79. The Hall–Kier alpha value is -2.57. The van der Waals surface area contributed by atoms with Gasteiger partial charge < -0.3 is 20.7 Å². The molecule has 3 rings (SSSR count). The summed E-state index contributed by atoms with van der Waals surface area (Å²) in [6.45, 7) is 4.38. The number of rotatable bonds is 7. The molecule has 3 N–H and O–H groups in total. The normalized spacial score (nSPS) is 14.3. The van der Waals surface area contributed by atoms with E-state index in [0.29, 0.717) is 25.1 Å². The van der Waals surface area contributed by atoms with Crippen molar-refractivity contribution in [2.45, 2.75) is 45.1 Å². The Balaban J connectivity index is 0.00000320. The van der Waals surface area contributed by atoms with Crippen LogP contribution in [0, 0.1) is 0 Å². The van der Waals surface area contributed by atoms with Gasteiger partial charge in [-0.2, -0.15) is 0 Å². The lowest BCUT2D eigenvalue weighted by molar-refractivity contribution is -0.121. The predicted octanol–water partition coefficient (Wildman–Crippen LogP) is 3.70. The van der Waals surface area contributed by atoms with Gasteiger partial charge in [-0.1, -0.05) is 31.5 Å². The first-order valence-electron chi connectivity index (χ1n) is 10.0. The zero-order valence-corrected chi connectivity index (χ0v) is 18.6. The van der Waals surface area contributed by atoms with Crippen LogP contribution in [0.3, 0.4) is 0 Å². The Kier molecular flexibility index (Phi) is 7.87. The molecule has 7 heteroatoms. The van der Waals surface area contributed by atoms with Crippen molar-refractivity contribution in [3.8, 4) is 5.75 Å². The van der Waals surface area contributed by atoms with Crippen LogP contribution in [0.25, 0.3) is 0 Å². The fourth-order valence-corrected chi connectivity index (χ4v) is 3.68. The number of nitrogens with one attached hydrogen (secondary N) is 1. The first-order valence-corrected chi connectivity index (χ1v) is 10.0. The standard InChI is InChI=1S/C23H29N3O3.ClH/c1-4-11-23(2,24)22(28)25-18-9-8-17-10-12-26(20(17)15-18)21(27)14-16-6-5-7-19(13-16)29-3;/h5-9,13,15H,4,10-12,14,24H2,1-3H3,(H,25,28);1H. The van der Waals surface area contributed by atoms with Crippen LogP contribution >= 0.6 is 12.4 Å². The third kappa shape index (κ3) is 5.32. The van der Waals surface area contributed by atoms with E-state index in [1.807, 2.05) is 49.4 Å². The quantitative estimate of drug-likeness (QED) is 0.699. The summed E-state index contributed by atoms with van der Waals surface area (Å²) >= 11 is 0. The number of benzene rings is 2. The van der Waals surface area contributed by atoms with Crippen LogP contribution in [0.2, 0.25) is 0 Å². The highest BCUT2D eigenvalue weighted by atomic mass is 35.5. The van der Waals surface area contributed by atoms with Crippen LogP contribution in [0.1, 0.15) is 37.8 Å². The number of carbonyl (C=O) groups is 2. The predicted molar refractivity (Wildman–Crippen MR) is 123 cm³/mol. The summed E-state index contributed by atoms with van der Waals surface area (Å²) in [5.41, 5.74) is 8.73. The Morgan fingerprint density at radius 3 is 2.70 bits per heavy atom. The van der Waals surface area contributed by atoms with E-state index in [0.717, 1.165) is 35.4 Å². The molecule has 1 aliphatic rings. The van der Waals surface area contributed by atoms with Gasteiger partial charge in [0.2, 0.25) is 11.8 Å². The minimum absolute atomic E-state index is 0. The van der Waals surface area contributed by atoms with Crippen LogP contribution in [0.15, 0.2) is 42.5 Å². The van der Waals surface area contributed by atoms with Gasteiger partial charge in [0.05, 0.1) is 19.1 Å². The molecule has 1 unspecified atom stereocenters. The summed E-state index contributed by atoms with van der Waals surface area (Å²) in [6, 6.07) is 13.2. The Bertz CT molecular complexity index is 914. The van der Waals surface area contributed by atoms with Gasteiger partial charge in [-0.3, -0.25) is 9.59 Å². The van der Waals surface area contributed by atoms with Crippen molar-refractivity contribution in [1.82, 2.24) is 0 Å². The second kappa shape index (κ2) is 9.96. The highest BCUT2D eigenvalue weighted by molar-refractivity contribution is 6.00. The van der Waals surface area contributed by atoms with Gasteiger partial charge in [-0.15, -0.1) is 12.4 Å². The van der Waals surface area contributed by atoms with Gasteiger partial charge in [0.15, 0.2) is 0 Å². The third-order valence-corrected chi connectivity index (χ3v) is 5.32. The van der Waals surface area contributed by atoms with E-state index in [2.05, 4.69) is 5.32 Å². The van der Waals surface area contributed by atoms with Gasteiger partial charge in [0.1, 0.15) is 5.75 Å². The number of amides is 2. The molecule has 162 valence electrons. The molecule has 2 aromatic rings. The van der Waals surface area contributed by atoms with E-state index in [4.69, 9.17) is 10.5 Å². The van der Waals surface area contributed by atoms with E-state index >= 15 is 0 Å². The van der Waals surface area contributed by atoms with Crippen LogP contribution in [-0.2, 0) is 22.4 Å². The molecule has 0 fully saturated rings. The summed E-state index contributed by atoms with van der Waals surface area (Å²) < 4.78 is 5.24. The maximum atomic E-state index is 12.9. The maximum absolute atomic E-state index is 12.9. The molecule has 30 heavy (non-hydrogen) atoms. The molecule has 0 bridgehead atoms. The molecule has 0 saturated carbocycles. The number of hydrogen-bond acceptors (Lipinski definition) is 4. The lowest BCUT2D eigenvalue weighted by Crippen LogP contribution is -2.48. The third-order valence-electron chi connectivity index (χ3n) is 5.32. The molecule has 2 amide bonds. The van der Waals surface area contributed by atoms with Gasteiger partial charge >= 0.3 is 0 Å². The molecule has 0 spiro atoms. The van der Waals surface area contributed by atoms with Crippen LogP contribution < -0.4 is 20.7 Å². The number of fused-ring (bicyclic) bond motifs is 1. The highest BCUT2D eigenvalue weighted by Crippen LogP contribution is 2.32. The van der Waals surface area contributed by atoms with E-state index in [-0.39, 0.29) is 24.2 Å². The Morgan fingerprint density at radius 2 is 2.00 bits per heavy atom. The number of nitrogens with zero attached hydrogens (tertiary/aromatic N) is 1. The molecule has 1 atom stereocenters. The number of carbonyl (C=O) groups excluding carboxylic acids is 2. The largest absolute Gasteiger partial charge is 0.497 e. The van der Waals surface area contributed by atoms with Gasteiger partial charge in [-0.25, -0.2) is 0 Å². The van der Waals surface area contributed by atoms with Crippen molar-refractivity contribution >= 4 is 35.6 Å². The van der Waals surface area contributed by atoms with E-state index in [9.17, 15) is 9.59 Å². The monoisotopic (exact) mass is 431 g/mol.